The quantitative estimate of drug-likeness (QED) is 0.460. The Morgan fingerprint density at radius 2 is 1.82 bits per heavy atom. The van der Waals surface area contributed by atoms with E-state index in [2.05, 4.69) is 25.3 Å². The van der Waals surface area contributed by atoms with E-state index in [9.17, 15) is 22.0 Å². The van der Waals surface area contributed by atoms with Crippen molar-refractivity contribution in [1.29, 1.82) is 0 Å². The van der Waals surface area contributed by atoms with Gasteiger partial charge in [0.05, 0.1) is 15.8 Å². The molecule has 1 aromatic carbocycles. The number of hydrogen-bond acceptors (Lipinski definition) is 6. The van der Waals surface area contributed by atoms with Crippen LogP contribution in [0, 0.1) is 18.6 Å². The van der Waals surface area contributed by atoms with Gasteiger partial charge in [-0.25, -0.2) is 32.2 Å². The van der Waals surface area contributed by atoms with E-state index >= 15 is 0 Å². The van der Waals surface area contributed by atoms with E-state index in [1.165, 1.54) is 18.6 Å². The molecule has 0 atom stereocenters. The number of nitrogens with zero attached hydrogens (tertiary/aromatic N) is 3. The number of fused-ring (bicyclic) bond motifs is 1. The molecule has 0 bridgehead atoms. The van der Waals surface area contributed by atoms with Crippen LogP contribution in [-0.4, -0.2) is 40.0 Å². The number of aryl methyl sites for hydroxylation is 1. The maximum atomic E-state index is 13.9. The fraction of sp³-hybridized carbons (Fsp3) is 0.182. The number of nitrogens with one attached hydrogen (secondary N) is 2. The van der Waals surface area contributed by atoms with Gasteiger partial charge in [-0.1, -0.05) is 19.9 Å². The van der Waals surface area contributed by atoms with Crippen LogP contribution in [0.4, 0.5) is 14.6 Å². The summed E-state index contributed by atoms with van der Waals surface area (Å²) in [7, 11) is -4.13. The molecule has 1 amide bonds. The molecule has 0 spiro atoms. The van der Waals surface area contributed by atoms with Crippen molar-refractivity contribution in [1.82, 2.24) is 19.9 Å². The van der Waals surface area contributed by atoms with Crippen molar-refractivity contribution in [2.24, 2.45) is 0 Å². The maximum Gasteiger partial charge on any atom is 0.241 e. The normalized spacial score (nSPS) is 10.5. The number of aromatic amines is 1. The molecule has 0 radical (unpaired) electrons. The SMILES string of the molecule is CC.Cc1cncnc1.O=C(CS(=O)(=O)c1c[nH]c2cc(F)cc(F)c12)Nc1ccccn1. The molecular formula is C22H23F2N5O3S. The first-order chi connectivity index (χ1) is 15.8. The van der Waals surface area contributed by atoms with Crippen LogP contribution in [-0.2, 0) is 14.6 Å². The van der Waals surface area contributed by atoms with Crippen LogP contribution >= 0.6 is 0 Å². The van der Waals surface area contributed by atoms with Crippen molar-refractivity contribution in [2.75, 3.05) is 11.1 Å². The number of pyridine rings is 1. The van der Waals surface area contributed by atoms with E-state index in [1.807, 2.05) is 20.8 Å². The number of anilines is 1. The molecule has 33 heavy (non-hydrogen) atoms. The summed E-state index contributed by atoms with van der Waals surface area (Å²) in [6, 6.07) is 6.33. The average Bonchev–Trinajstić information content (AvgIpc) is 3.22. The summed E-state index contributed by atoms with van der Waals surface area (Å²) in [5.74, 6) is -3.36. The second-order valence-corrected chi connectivity index (χ2v) is 8.36. The van der Waals surface area contributed by atoms with Crippen molar-refractivity contribution < 1.29 is 22.0 Å². The van der Waals surface area contributed by atoms with E-state index in [-0.39, 0.29) is 16.7 Å². The summed E-state index contributed by atoms with van der Waals surface area (Å²) < 4.78 is 51.9. The molecule has 4 rings (SSSR count). The Balaban J connectivity index is 0.000000362. The maximum absolute atomic E-state index is 13.9. The Morgan fingerprint density at radius 3 is 2.39 bits per heavy atom. The van der Waals surface area contributed by atoms with Gasteiger partial charge in [0.2, 0.25) is 5.91 Å². The summed E-state index contributed by atoms with van der Waals surface area (Å²) in [6.07, 6.45) is 7.54. The van der Waals surface area contributed by atoms with Gasteiger partial charge in [-0.3, -0.25) is 4.79 Å². The highest BCUT2D eigenvalue weighted by Gasteiger charge is 2.25. The molecule has 3 aromatic heterocycles. The number of amides is 1. The molecule has 0 unspecified atom stereocenters. The largest absolute Gasteiger partial charge is 0.360 e. The molecule has 4 aromatic rings. The van der Waals surface area contributed by atoms with Gasteiger partial charge < -0.3 is 10.3 Å². The molecule has 0 fully saturated rings. The van der Waals surface area contributed by atoms with Crippen LogP contribution in [0.15, 0.2) is 66.3 Å². The van der Waals surface area contributed by atoms with Gasteiger partial charge in [0.25, 0.3) is 0 Å². The third-order valence-electron chi connectivity index (χ3n) is 3.94. The van der Waals surface area contributed by atoms with Crippen LogP contribution < -0.4 is 5.32 Å². The Bertz CT molecular complexity index is 1300. The fourth-order valence-electron chi connectivity index (χ4n) is 2.64. The van der Waals surface area contributed by atoms with Crippen LogP contribution in [0.3, 0.4) is 0 Å². The highest BCUT2D eigenvalue weighted by atomic mass is 32.2. The first kappa shape index (κ1) is 25.5. The van der Waals surface area contributed by atoms with Crippen LogP contribution in [0.1, 0.15) is 19.4 Å². The summed E-state index contributed by atoms with van der Waals surface area (Å²) in [4.78, 5) is 25.4. The fourth-order valence-corrected chi connectivity index (χ4v) is 3.97. The number of carbonyl (C=O) groups is 1. The van der Waals surface area contributed by atoms with Crippen molar-refractivity contribution in [3.8, 4) is 0 Å². The number of aromatic nitrogens is 4. The highest BCUT2D eigenvalue weighted by Crippen LogP contribution is 2.27. The monoisotopic (exact) mass is 475 g/mol. The first-order valence-electron chi connectivity index (χ1n) is 9.87. The Hall–Kier alpha value is -3.73. The molecule has 0 aliphatic heterocycles. The highest BCUT2D eigenvalue weighted by molar-refractivity contribution is 7.92. The smallest absolute Gasteiger partial charge is 0.241 e. The predicted molar refractivity (Wildman–Crippen MR) is 121 cm³/mol. The second-order valence-electron chi connectivity index (χ2n) is 6.40. The van der Waals surface area contributed by atoms with Crippen molar-refractivity contribution in [3.63, 3.8) is 0 Å². The van der Waals surface area contributed by atoms with Gasteiger partial charge in [-0.15, -0.1) is 0 Å². The zero-order chi connectivity index (χ0) is 24.4. The number of rotatable bonds is 4. The lowest BCUT2D eigenvalue weighted by Crippen LogP contribution is -2.23. The van der Waals surface area contributed by atoms with Gasteiger partial charge in [0.1, 0.15) is 29.5 Å². The number of halogens is 2. The van der Waals surface area contributed by atoms with E-state index < -0.39 is 38.0 Å². The van der Waals surface area contributed by atoms with Crippen molar-refractivity contribution in [3.05, 3.63) is 78.6 Å². The van der Waals surface area contributed by atoms with Gasteiger partial charge in [-0.2, -0.15) is 0 Å². The van der Waals surface area contributed by atoms with E-state index in [0.717, 1.165) is 17.8 Å². The number of sulfone groups is 1. The molecule has 174 valence electrons. The zero-order valence-corrected chi connectivity index (χ0v) is 19.0. The number of H-pyrrole nitrogens is 1. The predicted octanol–water partition coefficient (Wildman–Crippen LogP) is 4.06. The minimum atomic E-state index is -4.13. The topological polar surface area (TPSA) is 118 Å². The van der Waals surface area contributed by atoms with Gasteiger partial charge in [-0.05, 0) is 30.7 Å². The van der Waals surface area contributed by atoms with E-state index in [1.54, 1.807) is 24.5 Å². The number of benzene rings is 1. The lowest BCUT2D eigenvalue weighted by molar-refractivity contribution is -0.113. The summed E-state index contributed by atoms with van der Waals surface area (Å²) >= 11 is 0. The third-order valence-corrected chi connectivity index (χ3v) is 5.57. The minimum absolute atomic E-state index is 0.00351. The summed E-state index contributed by atoms with van der Waals surface area (Å²) in [5, 5.41) is 2.06. The second kappa shape index (κ2) is 11.8. The Labute approximate surface area is 190 Å². The van der Waals surface area contributed by atoms with E-state index in [0.29, 0.717) is 6.07 Å². The summed E-state index contributed by atoms with van der Waals surface area (Å²) in [5.41, 5.74) is 1.10. The molecule has 0 saturated heterocycles. The van der Waals surface area contributed by atoms with Gasteiger partial charge in [0.15, 0.2) is 9.84 Å². The molecule has 0 aliphatic rings. The van der Waals surface area contributed by atoms with Gasteiger partial charge in [0, 0.05) is 30.9 Å². The molecule has 2 N–H and O–H groups in total. The van der Waals surface area contributed by atoms with E-state index in [4.69, 9.17) is 0 Å². The first-order valence-corrected chi connectivity index (χ1v) is 11.5. The lowest BCUT2D eigenvalue weighted by atomic mass is 10.2. The Kier molecular flexibility index (Phi) is 9.10. The molecule has 0 aliphatic carbocycles. The molecule has 0 saturated carbocycles. The standard InChI is InChI=1S/C15H11F2N3O3S.C5H6N2.C2H6/c16-9-5-10(17)15-11(6-9)19-7-12(15)24(22,23)8-14(21)20-13-3-1-2-4-18-13;1-5-2-6-4-7-3-5;1-2/h1-7,19H,8H2,(H,18,20,21);2-4H,1H3;1-2H3. The number of carbonyl (C=O) groups excluding carboxylic acids is 1. The lowest BCUT2D eigenvalue weighted by Gasteiger charge is -2.05. The van der Waals surface area contributed by atoms with Crippen molar-refractivity contribution in [2.45, 2.75) is 25.7 Å². The van der Waals surface area contributed by atoms with Crippen LogP contribution in [0.5, 0.6) is 0 Å². The minimum Gasteiger partial charge on any atom is -0.360 e. The molecule has 8 nitrogen and oxygen atoms in total. The molecular weight excluding hydrogens is 452 g/mol. The Morgan fingerprint density at radius 1 is 1.12 bits per heavy atom. The van der Waals surface area contributed by atoms with Crippen LogP contribution in [0.2, 0.25) is 0 Å². The molecule has 11 heteroatoms. The van der Waals surface area contributed by atoms with Crippen molar-refractivity contribution >= 4 is 32.5 Å². The summed E-state index contributed by atoms with van der Waals surface area (Å²) in [6.45, 7) is 5.96. The number of hydrogen-bond donors (Lipinski definition) is 2. The van der Waals surface area contributed by atoms with Crippen LogP contribution in [0.25, 0.3) is 10.9 Å². The zero-order valence-electron chi connectivity index (χ0n) is 18.2. The average molecular weight is 476 g/mol. The molecule has 3 heterocycles. The third kappa shape index (κ3) is 7.14. The van der Waals surface area contributed by atoms with Gasteiger partial charge >= 0.3 is 0 Å².